The summed E-state index contributed by atoms with van der Waals surface area (Å²) in [6.07, 6.45) is 1.54. The average Bonchev–Trinajstić information content (AvgIpc) is 3.32. The number of imidazole rings is 1. The molecular formula is C17H21F3N8. The number of guanidine groups is 1. The van der Waals surface area contributed by atoms with E-state index in [-0.39, 0.29) is 17.8 Å². The van der Waals surface area contributed by atoms with Crippen LogP contribution in [0.3, 0.4) is 0 Å². The Morgan fingerprint density at radius 3 is 2.75 bits per heavy atom. The Hall–Kier alpha value is -3.11. The number of rotatable bonds is 4. The van der Waals surface area contributed by atoms with Gasteiger partial charge in [-0.1, -0.05) is 0 Å². The summed E-state index contributed by atoms with van der Waals surface area (Å²) >= 11 is 0. The third-order valence-electron chi connectivity index (χ3n) is 4.65. The second-order valence-corrected chi connectivity index (χ2v) is 6.38. The minimum atomic E-state index is -4.50. The molecule has 0 bridgehead atoms. The lowest BCUT2D eigenvalue weighted by Crippen LogP contribution is -2.20. The lowest BCUT2D eigenvalue weighted by atomic mass is 10.2. The van der Waals surface area contributed by atoms with Crippen LogP contribution in [0.5, 0.6) is 0 Å². The maximum absolute atomic E-state index is 12.9. The van der Waals surface area contributed by atoms with Crippen molar-refractivity contribution in [2.75, 3.05) is 12.4 Å². The highest BCUT2D eigenvalue weighted by molar-refractivity contribution is 5.97. The Morgan fingerprint density at radius 2 is 2.14 bits per heavy atom. The predicted molar refractivity (Wildman–Crippen MR) is 100 cm³/mol. The van der Waals surface area contributed by atoms with E-state index in [1.807, 2.05) is 17.8 Å². The number of halogens is 3. The van der Waals surface area contributed by atoms with Gasteiger partial charge in [0, 0.05) is 32.4 Å². The van der Waals surface area contributed by atoms with Gasteiger partial charge in [0.05, 0.1) is 29.2 Å². The van der Waals surface area contributed by atoms with Crippen molar-refractivity contribution >= 4 is 18.4 Å². The topological polar surface area (TPSA) is 84.4 Å². The molecule has 3 heterocycles. The molecular weight excluding hydrogens is 373 g/mol. The largest absolute Gasteiger partial charge is 0.415 e. The van der Waals surface area contributed by atoms with Crippen molar-refractivity contribution < 1.29 is 13.2 Å². The third kappa shape index (κ3) is 3.78. The van der Waals surface area contributed by atoms with Gasteiger partial charge < -0.3 is 15.2 Å². The van der Waals surface area contributed by atoms with Gasteiger partial charge in [0.2, 0.25) is 5.96 Å². The van der Waals surface area contributed by atoms with Crippen molar-refractivity contribution in [3.05, 3.63) is 41.5 Å². The summed E-state index contributed by atoms with van der Waals surface area (Å²) in [4.78, 5) is 11.9. The van der Waals surface area contributed by atoms with Gasteiger partial charge in [-0.2, -0.15) is 23.3 Å². The van der Waals surface area contributed by atoms with Crippen LogP contribution in [-0.2, 0) is 13.0 Å². The van der Waals surface area contributed by atoms with Gasteiger partial charge in [0.1, 0.15) is 11.6 Å². The molecule has 0 fully saturated rings. The normalized spacial score (nSPS) is 17.9. The van der Waals surface area contributed by atoms with Gasteiger partial charge in [-0.25, -0.2) is 9.98 Å². The van der Waals surface area contributed by atoms with Crippen LogP contribution < -0.4 is 10.6 Å². The van der Waals surface area contributed by atoms with Crippen LogP contribution in [0.15, 0.2) is 40.0 Å². The van der Waals surface area contributed by atoms with E-state index in [0.29, 0.717) is 5.69 Å². The second-order valence-electron chi connectivity index (χ2n) is 6.38. The molecule has 8 nitrogen and oxygen atoms in total. The molecule has 150 valence electrons. The zero-order valence-electron chi connectivity index (χ0n) is 15.7. The highest BCUT2D eigenvalue weighted by atomic mass is 19.4. The van der Waals surface area contributed by atoms with Crippen LogP contribution in [0.4, 0.5) is 18.9 Å². The Labute approximate surface area is 159 Å². The molecule has 0 aliphatic carbocycles. The Balaban J connectivity index is 1.82. The number of anilines is 1. The molecule has 0 saturated heterocycles. The smallest absolute Gasteiger partial charge is 0.373 e. The van der Waals surface area contributed by atoms with E-state index in [1.165, 1.54) is 7.05 Å². The molecule has 0 spiro atoms. The van der Waals surface area contributed by atoms with E-state index < -0.39 is 11.7 Å². The second kappa shape index (κ2) is 7.49. The van der Waals surface area contributed by atoms with Gasteiger partial charge in [-0.15, -0.1) is 0 Å². The summed E-state index contributed by atoms with van der Waals surface area (Å²) in [5.74, 6) is 0.597. The number of alkyl halides is 3. The van der Waals surface area contributed by atoms with Crippen LogP contribution in [-0.4, -0.2) is 45.2 Å². The number of nitrogens with zero attached hydrogens (tertiary/aromatic N) is 6. The van der Waals surface area contributed by atoms with Crippen LogP contribution in [0.2, 0.25) is 0 Å². The van der Waals surface area contributed by atoms with Gasteiger partial charge >= 0.3 is 6.18 Å². The van der Waals surface area contributed by atoms with Crippen molar-refractivity contribution in [2.45, 2.75) is 39.0 Å². The van der Waals surface area contributed by atoms with Crippen molar-refractivity contribution in [3.63, 3.8) is 0 Å². The lowest BCUT2D eigenvalue weighted by Gasteiger charge is -2.14. The first-order valence-corrected chi connectivity index (χ1v) is 8.57. The van der Waals surface area contributed by atoms with Crippen molar-refractivity contribution in [1.82, 2.24) is 24.6 Å². The van der Waals surface area contributed by atoms with Crippen molar-refractivity contribution in [2.24, 2.45) is 9.98 Å². The summed E-state index contributed by atoms with van der Waals surface area (Å²) in [6.45, 7) is 6.96. The Bertz CT molecular complexity index is 914. The predicted octanol–water partition coefficient (Wildman–Crippen LogP) is 2.67. The minimum absolute atomic E-state index is 0.0602. The zero-order chi connectivity index (χ0) is 20.5. The molecule has 2 N–H and O–H groups in total. The number of allylic oxidation sites excluding steroid dienone is 1. The Kier molecular flexibility index (Phi) is 5.25. The van der Waals surface area contributed by atoms with E-state index in [0.717, 1.165) is 31.4 Å². The van der Waals surface area contributed by atoms with Crippen LogP contribution in [0.25, 0.3) is 0 Å². The highest BCUT2D eigenvalue weighted by Crippen LogP contribution is 2.28. The fourth-order valence-electron chi connectivity index (χ4n) is 3.07. The van der Waals surface area contributed by atoms with Gasteiger partial charge in [-0.05, 0) is 20.6 Å². The van der Waals surface area contributed by atoms with E-state index in [2.05, 4.69) is 42.0 Å². The highest BCUT2D eigenvalue weighted by Gasteiger charge is 2.33. The first kappa shape index (κ1) is 19.6. The third-order valence-corrected chi connectivity index (χ3v) is 4.65. The fraction of sp³-hybridized carbons (Fsp3) is 0.412. The number of nitrogens with one attached hydrogen (secondary N) is 2. The van der Waals surface area contributed by atoms with Crippen LogP contribution in [0.1, 0.15) is 24.5 Å². The number of aromatic nitrogens is 4. The maximum Gasteiger partial charge on any atom is 0.415 e. The summed E-state index contributed by atoms with van der Waals surface area (Å²) < 4.78 is 42.8. The van der Waals surface area contributed by atoms with Gasteiger partial charge in [0.15, 0.2) is 0 Å². The first-order valence-electron chi connectivity index (χ1n) is 8.57. The number of hydrogen-bond acceptors (Lipinski definition) is 4. The SMILES string of the molecule is C=N/C(=N\C(NC)=C(/C)C(F)(F)F)Nc1cnn(C2Cc3nccn3C2)c1C. The number of fused-ring (bicyclic) bond motifs is 1. The summed E-state index contributed by atoms with van der Waals surface area (Å²) in [7, 11) is 1.36. The molecule has 1 aliphatic heterocycles. The quantitative estimate of drug-likeness (QED) is 0.617. The molecule has 0 amide bonds. The average molecular weight is 394 g/mol. The van der Waals surface area contributed by atoms with E-state index in [4.69, 9.17) is 0 Å². The van der Waals surface area contributed by atoms with E-state index in [1.54, 1.807) is 12.4 Å². The molecule has 1 unspecified atom stereocenters. The molecule has 0 radical (unpaired) electrons. The summed E-state index contributed by atoms with van der Waals surface area (Å²) in [5, 5.41) is 9.75. The molecule has 28 heavy (non-hydrogen) atoms. The van der Waals surface area contributed by atoms with E-state index >= 15 is 0 Å². The van der Waals surface area contributed by atoms with Gasteiger partial charge in [-0.3, -0.25) is 4.68 Å². The van der Waals surface area contributed by atoms with Gasteiger partial charge in [0.25, 0.3) is 0 Å². The van der Waals surface area contributed by atoms with E-state index in [9.17, 15) is 13.2 Å². The molecule has 0 aromatic carbocycles. The molecule has 1 atom stereocenters. The lowest BCUT2D eigenvalue weighted by molar-refractivity contribution is -0.0924. The first-order chi connectivity index (χ1) is 13.2. The standard InChI is InChI=1S/C17H21F3N8/c1-10(17(18,19)20)15(21-3)26-16(22-4)25-13-8-24-28(11(13)2)12-7-14-23-5-6-27(14)9-12/h5-6,8,12,21H,4,7,9H2,1-3H3,(H,25,26)/b15-10+. The Morgan fingerprint density at radius 1 is 1.39 bits per heavy atom. The molecule has 1 aliphatic rings. The van der Waals surface area contributed by atoms with Crippen LogP contribution in [0, 0.1) is 6.92 Å². The summed E-state index contributed by atoms with van der Waals surface area (Å²) in [6, 6.07) is 0.122. The minimum Gasteiger partial charge on any atom is -0.373 e. The summed E-state index contributed by atoms with van der Waals surface area (Å²) in [5.41, 5.74) is 0.552. The number of aliphatic imine (C=N–C) groups is 2. The fourth-order valence-corrected chi connectivity index (χ4v) is 3.07. The van der Waals surface area contributed by atoms with Crippen molar-refractivity contribution in [1.29, 1.82) is 0 Å². The molecule has 3 rings (SSSR count). The van der Waals surface area contributed by atoms with Crippen molar-refractivity contribution in [3.8, 4) is 0 Å². The molecule has 2 aromatic heterocycles. The molecule has 2 aromatic rings. The number of hydrogen-bond donors (Lipinski definition) is 2. The molecule has 0 saturated carbocycles. The molecule has 11 heteroatoms. The zero-order valence-corrected chi connectivity index (χ0v) is 15.7. The maximum atomic E-state index is 12.9. The monoisotopic (exact) mass is 394 g/mol. The van der Waals surface area contributed by atoms with Crippen LogP contribution >= 0.6 is 0 Å².